The fourth-order valence-electron chi connectivity index (χ4n) is 2.28. The Hall–Kier alpha value is -0.610. The first-order valence-electron chi connectivity index (χ1n) is 6.19. The maximum atomic E-state index is 12.0. The number of carbonyl (C=O) groups excluding carboxylic acids is 1. The molecule has 0 saturated carbocycles. The fourth-order valence-corrected chi connectivity index (χ4v) is 2.28. The normalized spacial score (nSPS) is 26.2. The minimum Gasteiger partial charge on any atom is -0.369 e. The monoisotopic (exact) mass is 228 g/mol. The van der Waals surface area contributed by atoms with Gasteiger partial charge in [-0.15, -0.1) is 0 Å². The average Bonchev–Trinajstić information content (AvgIpc) is 2.25. The van der Waals surface area contributed by atoms with E-state index in [0.29, 0.717) is 12.6 Å². The molecule has 0 aromatic rings. The van der Waals surface area contributed by atoms with Crippen molar-refractivity contribution in [3.8, 4) is 0 Å². The van der Waals surface area contributed by atoms with Crippen LogP contribution >= 0.6 is 0 Å². The lowest BCUT2D eigenvalue weighted by Gasteiger charge is -2.40. The van der Waals surface area contributed by atoms with Gasteiger partial charge in [0.1, 0.15) is 6.61 Å². The molecule has 2 unspecified atom stereocenters. The van der Waals surface area contributed by atoms with Crippen LogP contribution in [0.15, 0.2) is 0 Å². The number of amides is 1. The third-order valence-electron chi connectivity index (χ3n) is 3.13. The Labute approximate surface area is 98.1 Å². The molecule has 1 aliphatic heterocycles. The molecule has 2 N–H and O–H groups in total. The maximum Gasteiger partial charge on any atom is 0.249 e. The zero-order chi connectivity index (χ0) is 12.1. The van der Waals surface area contributed by atoms with Crippen molar-refractivity contribution >= 4 is 5.91 Å². The molecule has 4 heteroatoms. The summed E-state index contributed by atoms with van der Waals surface area (Å²) in [5.74, 6) is 0.0800. The minimum atomic E-state index is 0.0800. The lowest BCUT2D eigenvalue weighted by atomic mass is 9.96. The fraction of sp³-hybridized carbons (Fsp3) is 0.917. The van der Waals surface area contributed by atoms with Gasteiger partial charge in [-0.1, -0.05) is 0 Å². The molecule has 0 aromatic carbocycles. The lowest BCUT2D eigenvalue weighted by molar-refractivity contribution is -0.144. The van der Waals surface area contributed by atoms with Gasteiger partial charge in [0.2, 0.25) is 5.91 Å². The van der Waals surface area contributed by atoms with E-state index in [4.69, 9.17) is 10.5 Å². The van der Waals surface area contributed by atoms with Crippen LogP contribution in [-0.2, 0) is 9.53 Å². The Morgan fingerprint density at radius 3 is 2.75 bits per heavy atom. The first-order valence-corrected chi connectivity index (χ1v) is 6.19. The van der Waals surface area contributed by atoms with Gasteiger partial charge in [-0.25, -0.2) is 0 Å². The van der Waals surface area contributed by atoms with E-state index in [1.54, 1.807) is 0 Å². The molecule has 0 aromatic heterocycles. The summed E-state index contributed by atoms with van der Waals surface area (Å²) in [4.78, 5) is 14.0. The molecule has 2 atom stereocenters. The van der Waals surface area contributed by atoms with Crippen molar-refractivity contribution in [3.63, 3.8) is 0 Å². The second kappa shape index (κ2) is 6.21. The molecule has 1 fully saturated rings. The van der Waals surface area contributed by atoms with Crippen molar-refractivity contribution in [2.45, 2.75) is 58.2 Å². The van der Waals surface area contributed by atoms with Gasteiger partial charge in [-0.3, -0.25) is 4.79 Å². The minimum absolute atomic E-state index is 0.0800. The van der Waals surface area contributed by atoms with Crippen molar-refractivity contribution in [1.29, 1.82) is 0 Å². The third kappa shape index (κ3) is 3.46. The first kappa shape index (κ1) is 13.5. The standard InChI is InChI=1S/C12H24N2O2/c1-9(2)16-8-12(15)14-10(3)5-4-6-11(14)7-13/h9-11H,4-8,13H2,1-3H3. The molecule has 0 spiro atoms. The van der Waals surface area contributed by atoms with Gasteiger partial charge < -0.3 is 15.4 Å². The summed E-state index contributed by atoms with van der Waals surface area (Å²) in [5.41, 5.74) is 5.71. The molecule has 1 heterocycles. The summed E-state index contributed by atoms with van der Waals surface area (Å²) in [7, 11) is 0. The summed E-state index contributed by atoms with van der Waals surface area (Å²) >= 11 is 0. The highest BCUT2D eigenvalue weighted by Gasteiger charge is 2.30. The topological polar surface area (TPSA) is 55.6 Å². The second-order valence-electron chi connectivity index (χ2n) is 4.83. The van der Waals surface area contributed by atoms with Crippen molar-refractivity contribution in [3.05, 3.63) is 0 Å². The van der Waals surface area contributed by atoms with Crippen molar-refractivity contribution in [2.75, 3.05) is 13.2 Å². The number of hydrogen-bond acceptors (Lipinski definition) is 3. The number of nitrogens with two attached hydrogens (primary N) is 1. The molecular weight excluding hydrogens is 204 g/mol. The van der Waals surface area contributed by atoms with E-state index in [1.165, 1.54) is 0 Å². The molecule has 94 valence electrons. The van der Waals surface area contributed by atoms with Crippen LogP contribution < -0.4 is 5.73 Å². The number of rotatable bonds is 4. The second-order valence-corrected chi connectivity index (χ2v) is 4.83. The van der Waals surface area contributed by atoms with Crippen molar-refractivity contribution < 1.29 is 9.53 Å². The molecular formula is C12H24N2O2. The van der Waals surface area contributed by atoms with E-state index in [1.807, 2.05) is 18.7 Å². The largest absolute Gasteiger partial charge is 0.369 e. The maximum absolute atomic E-state index is 12.0. The highest BCUT2D eigenvalue weighted by atomic mass is 16.5. The third-order valence-corrected chi connectivity index (χ3v) is 3.13. The van der Waals surface area contributed by atoms with Gasteiger partial charge in [0.25, 0.3) is 0 Å². The van der Waals surface area contributed by atoms with E-state index < -0.39 is 0 Å². The Balaban J connectivity index is 2.55. The molecule has 1 rings (SSSR count). The quantitative estimate of drug-likeness (QED) is 0.785. The highest BCUT2D eigenvalue weighted by molar-refractivity contribution is 5.78. The van der Waals surface area contributed by atoms with Crippen LogP contribution in [0.3, 0.4) is 0 Å². The van der Waals surface area contributed by atoms with E-state index in [9.17, 15) is 4.79 Å². The number of ether oxygens (including phenoxy) is 1. The van der Waals surface area contributed by atoms with Gasteiger partial charge in [0, 0.05) is 18.6 Å². The van der Waals surface area contributed by atoms with Crippen LogP contribution in [0, 0.1) is 0 Å². The van der Waals surface area contributed by atoms with Gasteiger partial charge in [0.15, 0.2) is 0 Å². The Morgan fingerprint density at radius 2 is 2.19 bits per heavy atom. The van der Waals surface area contributed by atoms with Crippen LogP contribution in [0.25, 0.3) is 0 Å². The summed E-state index contributed by atoms with van der Waals surface area (Å²) in [5, 5.41) is 0. The predicted molar refractivity (Wildman–Crippen MR) is 64.1 cm³/mol. The van der Waals surface area contributed by atoms with Gasteiger partial charge in [-0.05, 0) is 40.0 Å². The summed E-state index contributed by atoms with van der Waals surface area (Å²) in [6, 6.07) is 0.498. The van der Waals surface area contributed by atoms with Crippen LogP contribution in [0.5, 0.6) is 0 Å². The van der Waals surface area contributed by atoms with Gasteiger partial charge >= 0.3 is 0 Å². The summed E-state index contributed by atoms with van der Waals surface area (Å²) < 4.78 is 5.37. The first-order chi connectivity index (χ1) is 7.56. The zero-order valence-corrected chi connectivity index (χ0v) is 10.6. The molecule has 0 bridgehead atoms. The van der Waals surface area contributed by atoms with Crippen molar-refractivity contribution in [1.82, 2.24) is 4.90 Å². The van der Waals surface area contributed by atoms with E-state index in [2.05, 4.69) is 6.92 Å². The Bertz CT molecular complexity index is 231. The highest BCUT2D eigenvalue weighted by Crippen LogP contribution is 2.22. The molecule has 16 heavy (non-hydrogen) atoms. The smallest absolute Gasteiger partial charge is 0.249 e. The molecule has 1 amide bonds. The van der Waals surface area contributed by atoms with Crippen LogP contribution in [0.1, 0.15) is 40.0 Å². The van der Waals surface area contributed by atoms with Crippen LogP contribution in [0.4, 0.5) is 0 Å². The number of likely N-dealkylation sites (tertiary alicyclic amines) is 1. The van der Waals surface area contributed by atoms with E-state index in [0.717, 1.165) is 19.3 Å². The SMILES string of the molecule is CC(C)OCC(=O)N1C(C)CCCC1CN. The number of piperidine rings is 1. The van der Waals surface area contributed by atoms with E-state index >= 15 is 0 Å². The molecule has 1 aliphatic rings. The predicted octanol–water partition coefficient (Wildman–Crippen LogP) is 1.14. The molecule has 1 saturated heterocycles. The summed E-state index contributed by atoms with van der Waals surface area (Å²) in [6.07, 6.45) is 3.36. The Morgan fingerprint density at radius 1 is 1.50 bits per heavy atom. The van der Waals surface area contributed by atoms with E-state index in [-0.39, 0.29) is 24.7 Å². The summed E-state index contributed by atoms with van der Waals surface area (Å²) in [6.45, 7) is 6.70. The molecule has 0 radical (unpaired) electrons. The van der Waals surface area contributed by atoms with Crippen LogP contribution in [0.2, 0.25) is 0 Å². The average molecular weight is 228 g/mol. The van der Waals surface area contributed by atoms with Gasteiger partial charge in [-0.2, -0.15) is 0 Å². The zero-order valence-electron chi connectivity index (χ0n) is 10.6. The molecule has 0 aliphatic carbocycles. The number of nitrogens with zero attached hydrogens (tertiary/aromatic N) is 1. The van der Waals surface area contributed by atoms with Gasteiger partial charge in [0.05, 0.1) is 6.10 Å². The van der Waals surface area contributed by atoms with Crippen molar-refractivity contribution in [2.24, 2.45) is 5.73 Å². The number of hydrogen-bond donors (Lipinski definition) is 1. The van der Waals surface area contributed by atoms with Crippen LogP contribution in [-0.4, -0.2) is 42.1 Å². The lowest BCUT2D eigenvalue weighted by Crippen LogP contribution is -2.53. The molecule has 4 nitrogen and oxygen atoms in total. The number of carbonyl (C=O) groups is 1. The Kier molecular flexibility index (Phi) is 5.22.